The molecule has 2 aliphatic rings. The summed E-state index contributed by atoms with van der Waals surface area (Å²) in [5.74, 6) is 0.0619. The minimum atomic E-state index is -3.19. The number of benzene rings is 1. The molecule has 0 aromatic heterocycles. The van der Waals surface area contributed by atoms with E-state index in [-0.39, 0.29) is 11.7 Å². The molecule has 102 valence electrons. The number of nitrogens with one attached hydrogen (secondary N) is 1. The number of sulfonamides is 1. The Hall–Kier alpha value is -1.56. The molecule has 0 atom stereocenters. The normalized spacial score (nSPS) is 21.4. The largest absolute Gasteiger partial charge is 0.349 e. The number of nitrogens with zero attached hydrogens (tertiary/aromatic N) is 1. The van der Waals surface area contributed by atoms with Crippen LogP contribution in [0.25, 0.3) is 0 Å². The molecule has 0 spiro atoms. The lowest BCUT2D eigenvalue weighted by molar-refractivity contribution is 0.0951. The van der Waals surface area contributed by atoms with E-state index in [2.05, 4.69) is 5.32 Å². The second-order valence-electron chi connectivity index (χ2n) is 5.04. The highest BCUT2D eigenvalue weighted by molar-refractivity contribution is 7.93. The molecule has 1 saturated heterocycles. The Labute approximate surface area is 112 Å². The van der Waals surface area contributed by atoms with Crippen molar-refractivity contribution in [3.8, 4) is 0 Å². The van der Waals surface area contributed by atoms with Crippen LogP contribution in [0.3, 0.4) is 0 Å². The van der Waals surface area contributed by atoms with E-state index in [1.165, 1.54) is 4.31 Å². The number of hydrogen-bond donors (Lipinski definition) is 1. The molecule has 1 saturated carbocycles. The van der Waals surface area contributed by atoms with Gasteiger partial charge in [-0.15, -0.1) is 0 Å². The molecule has 19 heavy (non-hydrogen) atoms. The molecule has 5 nitrogen and oxygen atoms in total. The van der Waals surface area contributed by atoms with E-state index in [9.17, 15) is 13.2 Å². The van der Waals surface area contributed by atoms with Gasteiger partial charge in [0.25, 0.3) is 5.91 Å². The summed E-state index contributed by atoms with van der Waals surface area (Å²) in [5.41, 5.74) is 1.10. The number of amides is 1. The van der Waals surface area contributed by atoms with Crippen molar-refractivity contribution < 1.29 is 13.2 Å². The smallest absolute Gasteiger partial charge is 0.251 e. The Bertz CT molecular complexity index is 608. The second kappa shape index (κ2) is 4.52. The lowest BCUT2D eigenvalue weighted by Gasteiger charge is -2.17. The Balaban J connectivity index is 1.85. The van der Waals surface area contributed by atoms with Gasteiger partial charge >= 0.3 is 0 Å². The molecule has 0 bridgehead atoms. The summed E-state index contributed by atoms with van der Waals surface area (Å²) in [4.78, 5) is 11.9. The lowest BCUT2D eigenvalue weighted by atomic mass is 10.2. The van der Waals surface area contributed by atoms with E-state index in [0.717, 1.165) is 12.8 Å². The topological polar surface area (TPSA) is 66.5 Å². The van der Waals surface area contributed by atoms with Crippen LogP contribution in [0.5, 0.6) is 0 Å². The SMILES string of the molecule is O=C(NC1CC1)c1cccc(N2CCCS2(=O)=O)c1. The van der Waals surface area contributed by atoms with Crippen LogP contribution in [-0.2, 0) is 10.0 Å². The van der Waals surface area contributed by atoms with Gasteiger partial charge in [-0.3, -0.25) is 9.10 Å². The molecule has 2 fully saturated rings. The van der Waals surface area contributed by atoms with Crippen LogP contribution in [-0.4, -0.2) is 32.7 Å². The van der Waals surface area contributed by atoms with Crippen molar-refractivity contribution in [2.75, 3.05) is 16.6 Å². The van der Waals surface area contributed by atoms with Crippen LogP contribution in [0.2, 0.25) is 0 Å². The summed E-state index contributed by atoms with van der Waals surface area (Å²) in [6.45, 7) is 0.496. The maximum Gasteiger partial charge on any atom is 0.251 e. The highest BCUT2D eigenvalue weighted by Gasteiger charge is 2.29. The maximum atomic E-state index is 11.9. The third-order valence-electron chi connectivity index (χ3n) is 3.41. The van der Waals surface area contributed by atoms with Gasteiger partial charge in [0.15, 0.2) is 0 Å². The maximum absolute atomic E-state index is 11.9. The zero-order chi connectivity index (χ0) is 13.5. The predicted molar refractivity (Wildman–Crippen MR) is 72.7 cm³/mol. The van der Waals surface area contributed by atoms with Crippen LogP contribution in [0, 0.1) is 0 Å². The molecule has 1 aromatic carbocycles. The fraction of sp³-hybridized carbons (Fsp3) is 0.462. The molecule has 1 amide bonds. The van der Waals surface area contributed by atoms with E-state index in [0.29, 0.717) is 30.3 Å². The van der Waals surface area contributed by atoms with Gasteiger partial charge in [0, 0.05) is 18.2 Å². The van der Waals surface area contributed by atoms with E-state index >= 15 is 0 Å². The molecule has 1 aromatic rings. The first-order valence-electron chi connectivity index (χ1n) is 6.48. The van der Waals surface area contributed by atoms with Crippen LogP contribution in [0.15, 0.2) is 24.3 Å². The van der Waals surface area contributed by atoms with Crippen molar-refractivity contribution in [2.24, 2.45) is 0 Å². The number of rotatable bonds is 3. The second-order valence-corrected chi connectivity index (χ2v) is 7.05. The molecule has 1 aliphatic carbocycles. The van der Waals surface area contributed by atoms with Gasteiger partial charge in [-0.25, -0.2) is 8.42 Å². The van der Waals surface area contributed by atoms with Crippen molar-refractivity contribution in [1.82, 2.24) is 5.32 Å². The van der Waals surface area contributed by atoms with Gasteiger partial charge in [-0.1, -0.05) is 6.07 Å². The first kappa shape index (κ1) is 12.5. The van der Waals surface area contributed by atoms with Crippen molar-refractivity contribution >= 4 is 21.6 Å². The summed E-state index contributed by atoms with van der Waals surface area (Å²) in [6, 6.07) is 7.12. The molecule has 0 unspecified atom stereocenters. The molecule has 1 aliphatic heterocycles. The Morgan fingerprint density at radius 2 is 2.11 bits per heavy atom. The minimum absolute atomic E-state index is 0.124. The van der Waals surface area contributed by atoms with Crippen LogP contribution in [0.1, 0.15) is 29.6 Å². The molecular weight excluding hydrogens is 264 g/mol. The van der Waals surface area contributed by atoms with Crippen molar-refractivity contribution in [2.45, 2.75) is 25.3 Å². The van der Waals surface area contributed by atoms with Crippen molar-refractivity contribution in [3.63, 3.8) is 0 Å². The quantitative estimate of drug-likeness (QED) is 0.902. The summed E-state index contributed by atoms with van der Waals surface area (Å²) < 4.78 is 25.1. The van der Waals surface area contributed by atoms with Crippen LogP contribution in [0.4, 0.5) is 5.69 Å². The Morgan fingerprint density at radius 3 is 2.74 bits per heavy atom. The third-order valence-corrected chi connectivity index (χ3v) is 5.28. The molecule has 3 rings (SSSR count). The van der Waals surface area contributed by atoms with Gasteiger partial charge in [0.05, 0.1) is 11.4 Å². The van der Waals surface area contributed by atoms with Crippen LogP contribution >= 0.6 is 0 Å². The Kier molecular flexibility index (Phi) is 2.97. The third kappa shape index (κ3) is 2.58. The van der Waals surface area contributed by atoms with E-state index < -0.39 is 10.0 Å². The van der Waals surface area contributed by atoms with Crippen LogP contribution < -0.4 is 9.62 Å². The number of hydrogen-bond acceptors (Lipinski definition) is 3. The standard InChI is InChI=1S/C13H16N2O3S/c16-13(14-11-5-6-11)10-3-1-4-12(9-10)15-7-2-8-19(15,17)18/h1,3-4,9,11H,2,5-8H2,(H,14,16). The first-order valence-corrected chi connectivity index (χ1v) is 8.08. The fourth-order valence-corrected chi connectivity index (χ4v) is 3.78. The molecule has 1 heterocycles. The highest BCUT2D eigenvalue weighted by atomic mass is 32.2. The van der Waals surface area contributed by atoms with Gasteiger partial charge in [-0.05, 0) is 37.5 Å². The zero-order valence-electron chi connectivity index (χ0n) is 10.5. The van der Waals surface area contributed by atoms with E-state index in [1.54, 1.807) is 24.3 Å². The summed E-state index contributed by atoms with van der Waals surface area (Å²) in [5, 5.41) is 2.90. The molecule has 0 radical (unpaired) electrons. The summed E-state index contributed by atoms with van der Waals surface area (Å²) >= 11 is 0. The summed E-state index contributed by atoms with van der Waals surface area (Å²) in [6.07, 6.45) is 2.71. The van der Waals surface area contributed by atoms with E-state index in [4.69, 9.17) is 0 Å². The average Bonchev–Trinajstić information content (AvgIpc) is 3.11. The number of anilines is 1. The van der Waals surface area contributed by atoms with Crippen molar-refractivity contribution in [1.29, 1.82) is 0 Å². The van der Waals surface area contributed by atoms with Gasteiger partial charge in [-0.2, -0.15) is 0 Å². The molecule has 6 heteroatoms. The van der Waals surface area contributed by atoms with Gasteiger partial charge < -0.3 is 5.32 Å². The Morgan fingerprint density at radius 1 is 1.32 bits per heavy atom. The highest BCUT2D eigenvalue weighted by Crippen LogP contribution is 2.25. The average molecular weight is 280 g/mol. The number of carbonyl (C=O) groups excluding carboxylic acids is 1. The van der Waals surface area contributed by atoms with Gasteiger partial charge in [0.1, 0.15) is 0 Å². The zero-order valence-corrected chi connectivity index (χ0v) is 11.3. The molecule has 1 N–H and O–H groups in total. The van der Waals surface area contributed by atoms with Crippen molar-refractivity contribution in [3.05, 3.63) is 29.8 Å². The lowest BCUT2D eigenvalue weighted by Crippen LogP contribution is -2.27. The monoisotopic (exact) mass is 280 g/mol. The minimum Gasteiger partial charge on any atom is -0.349 e. The summed E-state index contributed by atoms with van der Waals surface area (Å²) in [7, 11) is -3.19. The predicted octanol–water partition coefficient (Wildman–Crippen LogP) is 1.12. The fourth-order valence-electron chi connectivity index (χ4n) is 2.23. The first-order chi connectivity index (χ1) is 9.06. The van der Waals surface area contributed by atoms with E-state index in [1.807, 2.05) is 0 Å². The van der Waals surface area contributed by atoms with Gasteiger partial charge in [0.2, 0.25) is 10.0 Å². The molecular formula is C13H16N2O3S. The number of carbonyl (C=O) groups is 1.